The molecule has 0 amide bonds. The zero-order valence-electron chi connectivity index (χ0n) is 14.0. The number of hydrogen-bond donors (Lipinski definition) is 0. The van der Waals surface area contributed by atoms with Gasteiger partial charge in [0.15, 0.2) is 11.5 Å². The van der Waals surface area contributed by atoms with Crippen molar-refractivity contribution in [3.63, 3.8) is 0 Å². The zero-order valence-corrected chi connectivity index (χ0v) is 14.7. The Morgan fingerprint density at radius 1 is 1.15 bits per heavy atom. The predicted molar refractivity (Wildman–Crippen MR) is 96.4 cm³/mol. The zero-order chi connectivity index (χ0) is 18.4. The van der Waals surface area contributed by atoms with Crippen LogP contribution in [0.1, 0.15) is 18.1 Å². The molecule has 134 valence electrons. The molecule has 1 heterocycles. The molecule has 0 bridgehead atoms. The van der Waals surface area contributed by atoms with Gasteiger partial charge in [0, 0.05) is 5.56 Å². The Kier molecular flexibility index (Phi) is 5.80. The van der Waals surface area contributed by atoms with Crippen molar-refractivity contribution in [1.29, 1.82) is 0 Å². The van der Waals surface area contributed by atoms with Crippen LogP contribution < -0.4 is 9.47 Å². The summed E-state index contributed by atoms with van der Waals surface area (Å²) in [5.41, 5.74) is 1.10. The van der Waals surface area contributed by atoms with Crippen LogP contribution in [0.4, 0.5) is 4.39 Å². The van der Waals surface area contributed by atoms with Gasteiger partial charge < -0.3 is 9.47 Å². The van der Waals surface area contributed by atoms with E-state index in [0.29, 0.717) is 28.7 Å². The highest BCUT2D eigenvalue weighted by molar-refractivity contribution is 6.31. The van der Waals surface area contributed by atoms with E-state index in [4.69, 9.17) is 21.1 Å². The highest BCUT2D eigenvalue weighted by Gasteiger charge is 2.11. The number of aromatic nitrogens is 3. The van der Waals surface area contributed by atoms with E-state index in [0.717, 1.165) is 5.56 Å². The molecule has 0 saturated carbocycles. The molecule has 0 aliphatic rings. The van der Waals surface area contributed by atoms with Gasteiger partial charge in [-0.2, -0.15) is 5.10 Å². The van der Waals surface area contributed by atoms with Crippen molar-refractivity contribution in [2.75, 3.05) is 6.61 Å². The minimum absolute atomic E-state index is 0.000275. The molecule has 0 N–H and O–H groups in total. The molecule has 2 aromatic carbocycles. The molecule has 0 aliphatic carbocycles. The molecule has 8 heteroatoms. The minimum atomic E-state index is -0.409. The Balaban J connectivity index is 1.78. The van der Waals surface area contributed by atoms with Crippen molar-refractivity contribution in [1.82, 2.24) is 14.9 Å². The van der Waals surface area contributed by atoms with E-state index in [9.17, 15) is 4.39 Å². The summed E-state index contributed by atoms with van der Waals surface area (Å²) in [5, 5.41) is 11.9. The summed E-state index contributed by atoms with van der Waals surface area (Å²) < 4.78 is 26.7. The molecule has 6 nitrogen and oxygen atoms in total. The minimum Gasteiger partial charge on any atom is -0.490 e. The lowest BCUT2D eigenvalue weighted by atomic mass is 10.2. The molecular formula is C18H16ClFN4O2. The first-order valence-electron chi connectivity index (χ1n) is 7.89. The van der Waals surface area contributed by atoms with Crippen LogP contribution in [0.5, 0.6) is 11.5 Å². The van der Waals surface area contributed by atoms with Gasteiger partial charge in [-0.05, 0) is 42.8 Å². The highest BCUT2D eigenvalue weighted by Crippen LogP contribution is 2.30. The molecule has 0 radical (unpaired) electrons. The van der Waals surface area contributed by atoms with E-state index in [1.807, 2.05) is 13.0 Å². The van der Waals surface area contributed by atoms with Crippen LogP contribution in [0.25, 0.3) is 0 Å². The van der Waals surface area contributed by atoms with E-state index in [-0.39, 0.29) is 6.61 Å². The van der Waals surface area contributed by atoms with E-state index >= 15 is 0 Å². The summed E-state index contributed by atoms with van der Waals surface area (Å²) in [4.78, 5) is 0. The topological polar surface area (TPSA) is 61.5 Å². The second-order valence-corrected chi connectivity index (χ2v) is 5.62. The van der Waals surface area contributed by atoms with Crippen molar-refractivity contribution in [2.24, 2.45) is 5.10 Å². The maximum atomic E-state index is 13.9. The molecule has 0 spiro atoms. The third kappa shape index (κ3) is 4.37. The number of ether oxygens (including phenoxy) is 2. The van der Waals surface area contributed by atoms with Crippen LogP contribution in [0, 0.1) is 5.82 Å². The van der Waals surface area contributed by atoms with E-state index in [2.05, 4.69) is 15.3 Å². The second kappa shape index (κ2) is 8.44. The molecule has 0 atom stereocenters. The molecule has 26 heavy (non-hydrogen) atoms. The molecule has 0 fully saturated rings. The van der Waals surface area contributed by atoms with Gasteiger partial charge in [0.25, 0.3) is 0 Å². The van der Waals surface area contributed by atoms with Gasteiger partial charge in [0.2, 0.25) is 0 Å². The van der Waals surface area contributed by atoms with Gasteiger partial charge in [-0.25, -0.2) is 9.07 Å². The Hall–Kier alpha value is -2.93. The predicted octanol–water partition coefficient (Wildman–Crippen LogP) is 3.93. The third-order valence-electron chi connectivity index (χ3n) is 3.45. The van der Waals surface area contributed by atoms with Crippen molar-refractivity contribution in [3.05, 3.63) is 71.0 Å². The van der Waals surface area contributed by atoms with Crippen molar-refractivity contribution >= 4 is 17.8 Å². The SMILES string of the molecule is CCOc1cc(/C=N/n2cnnc2)ccc1OCc1c(F)cccc1Cl. The van der Waals surface area contributed by atoms with Gasteiger partial charge in [-0.3, -0.25) is 0 Å². The number of benzene rings is 2. The molecule has 3 aromatic rings. The average Bonchev–Trinajstić information content (AvgIpc) is 3.15. The lowest BCUT2D eigenvalue weighted by molar-refractivity contribution is 0.266. The van der Waals surface area contributed by atoms with Crippen LogP contribution in [0.3, 0.4) is 0 Å². The quantitative estimate of drug-likeness (QED) is 0.588. The number of hydrogen-bond acceptors (Lipinski definition) is 5. The molecule has 0 aliphatic heterocycles. The van der Waals surface area contributed by atoms with Crippen molar-refractivity contribution < 1.29 is 13.9 Å². The summed E-state index contributed by atoms with van der Waals surface area (Å²) in [6.45, 7) is 2.33. The summed E-state index contributed by atoms with van der Waals surface area (Å²) >= 11 is 6.03. The van der Waals surface area contributed by atoms with Gasteiger partial charge in [-0.1, -0.05) is 17.7 Å². The lowest BCUT2D eigenvalue weighted by Gasteiger charge is -2.13. The second-order valence-electron chi connectivity index (χ2n) is 5.21. The van der Waals surface area contributed by atoms with E-state index in [1.165, 1.54) is 23.4 Å². The summed E-state index contributed by atoms with van der Waals surface area (Å²) in [6, 6.07) is 9.87. The highest BCUT2D eigenvalue weighted by atomic mass is 35.5. The van der Waals surface area contributed by atoms with Crippen molar-refractivity contribution in [3.8, 4) is 11.5 Å². The smallest absolute Gasteiger partial charge is 0.161 e. The first kappa shape index (κ1) is 17.9. The van der Waals surface area contributed by atoms with Crippen LogP contribution in [-0.2, 0) is 6.61 Å². The Morgan fingerprint density at radius 2 is 1.96 bits per heavy atom. The largest absolute Gasteiger partial charge is 0.490 e. The molecular weight excluding hydrogens is 359 g/mol. The monoisotopic (exact) mass is 374 g/mol. The van der Waals surface area contributed by atoms with E-state index < -0.39 is 5.82 Å². The number of halogens is 2. The maximum absolute atomic E-state index is 13.9. The van der Waals surface area contributed by atoms with Crippen LogP contribution in [0.2, 0.25) is 5.02 Å². The Labute approximate surface area is 154 Å². The average molecular weight is 375 g/mol. The van der Waals surface area contributed by atoms with Gasteiger partial charge in [-0.15, -0.1) is 10.2 Å². The fraction of sp³-hybridized carbons (Fsp3) is 0.167. The fourth-order valence-electron chi connectivity index (χ4n) is 2.20. The van der Waals surface area contributed by atoms with Gasteiger partial charge >= 0.3 is 0 Å². The first-order chi connectivity index (χ1) is 12.7. The lowest BCUT2D eigenvalue weighted by Crippen LogP contribution is -2.02. The van der Waals surface area contributed by atoms with Crippen molar-refractivity contribution in [2.45, 2.75) is 13.5 Å². The van der Waals surface area contributed by atoms with Gasteiger partial charge in [0.1, 0.15) is 25.1 Å². The Morgan fingerprint density at radius 3 is 2.69 bits per heavy atom. The summed E-state index contributed by atoms with van der Waals surface area (Å²) in [5.74, 6) is 0.619. The standard InChI is InChI=1S/C18H16ClFN4O2/c1-2-25-18-8-13(9-23-24-11-21-22-12-24)6-7-17(18)26-10-14-15(19)4-3-5-16(14)20/h3-9,11-12H,2,10H2,1H3/b23-9+. The molecule has 0 saturated heterocycles. The fourth-order valence-corrected chi connectivity index (χ4v) is 2.42. The summed E-state index contributed by atoms with van der Waals surface area (Å²) in [6.07, 6.45) is 4.61. The van der Waals surface area contributed by atoms with Crippen LogP contribution in [-0.4, -0.2) is 27.7 Å². The first-order valence-corrected chi connectivity index (χ1v) is 8.26. The third-order valence-corrected chi connectivity index (χ3v) is 3.80. The summed E-state index contributed by atoms with van der Waals surface area (Å²) in [7, 11) is 0. The van der Waals surface area contributed by atoms with Gasteiger partial charge in [0.05, 0.1) is 17.8 Å². The van der Waals surface area contributed by atoms with Crippen LogP contribution >= 0.6 is 11.6 Å². The number of nitrogens with zero attached hydrogens (tertiary/aromatic N) is 4. The molecule has 0 unspecified atom stereocenters. The normalized spacial score (nSPS) is 11.0. The molecule has 1 aromatic heterocycles. The van der Waals surface area contributed by atoms with E-state index in [1.54, 1.807) is 30.5 Å². The Bertz CT molecular complexity index is 880. The molecule has 3 rings (SSSR count). The van der Waals surface area contributed by atoms with Crippen LogP contribution in [0.15, 0.2) is 54.2 Å². The number of rotatable bonds is 7. The maximum Gasteiger partial charge on any atom is 0.161 e.